The molecule has 2 aromatic heterocycles. The van der Waals surface area contributed by atoms with Crippen molar-refractivity contribution in [2.45, 2.75) is 13.2 Å². The normalized spacial score (nSPS) is 11.9. The molecule has 0 aliphatic rings. The Kier molecular flexibility index (Phi) is 5.02. The molecule has 7 nitrogen and oxygen atoms in total. The van der Waals surface area contributed by atoms with Crippen molar-refractivity contribution < 1.29 is 14.3 Å². The number of ether oxygens (including phenoxy) is 2. The van der Waals surface area contributed by atoms with Gasteiger partial charge in [-0.05, 0) is 43.3 Å². The number of nitrogen functional groups attached to an aromatic ring is 1. The Balaban J connectivity index is 1.94. The minimum absolute atomic E-state index is 0.200. The quantitative estimate of drug-likeness (QED) is 0.387. The van der Waals surface area contributed by atoms with Crippen LogP contribution in [0.1, 0.15) is 13.2 Å². The molecule has 4 aromatic rings. The van der Waals surface area contributed by atoms with Crippen molar-refractivity contribution in [1.82, 2.24) is 9.13 Å². The maximum atomic E-state index is 12.9. The summed E-state index contributed by atoms with van der Waals surface area (Å²) in [4.78, 5) is 23.7. The Labute approximate surface area is 172 Å². The smallest absolute Gasteiger partial charge is 0.295 e. The van der Waals surface area contributed by atoms with E-state index in [9.17, 15) is 9.59 Å². The Hall–Kier alpha value is -4.00. The Morgan fingerprint density at radius 3 is 2.57 bits per heavy atom. The minimum Gasteiger partial charge on any atom is -0.457 e. The van der Waals surface area contributed by atoms with E-state index in [1.54, 1.807) is 37.0 Å². The van der Waals surface area contributed by atoms with E-state index in [0.29, 0.717) is 34.6 Å². The number of aryl methyl sites for hydroxylation is 1. The summed E-state index contributed by atoms with van der Waals surface area (Å²) < 4.78 is 14.3. The van der Waals surface area contributed by atoms with Crippen LogP contribution in [0, 0.1) is 0 Å². The van der Waals surface area contributed by atoms with Gasteiger partial charge in [-0.1, -0.05) is 18.2 Å². The number of fused-ring (bicyclic) bond motifs is 1. The number of carbonyl (C=O) groups excluding carboxylic acids is 1. The number of benzene rings is 2. The molecule has 7 heteroatoms. The van der Waals surface area contributed by atoms with Crippen molar-refractivity contribution >= 4 is 23.1 Å². The van der Waals surface area contributed by atoms with Gasteiger partial charge in [-0.25, -0.2) is 0 Å². The molecule has 0 saturated heterocycles. The molecule has 0 spiro atoms. The molecular weight excluding hydrogens is 382 g/mol. The summed E-state index contributed by atoms with van der Waals surface area (Å²) in [5.41, 5.74) is 8.41. The fraction of sp³-hybridized carbons (Fsp3) is 0.130. The fourth-order valence-electron chi connectivity index (χ4n) is 3.51. The van der Waals surface area contributed by atoms with Crippen molar-refractivity contribution in [3.63, 3.8) is 0 Å². The van der Waals surface area contributed by atoms with Gasteiger partial charge in [-0.2, -0.15) is 0 Å². The summed E-state index contributed by atoms with van der Waals surface area (Å²) in [6.45, 7) is 2.07. The Morgan fingerprint density at radius 2 is 1.83 bits per heavy atom. The van der Waals surface area contributed by atoms with E-state index in [2.05, 4.69) is 0 Å². The van der Waals surface area contributed by atoms with Gasteiger partial charge in [0, 0.05) is 41.6 Å². The highest BCUT2D eigenvalue weighted by Gasteiger charge is 2.19. The lowest BCUT2D eigenvalue weighted by Gasteiger charge is -2.16. The van der Waals surface area contributed by atoms with E-state index < -0.39 is 6.23 Å². The second-order valence-electron chi connectivity index (χ2n) is 6.95. The number of hydrogen-bond acceptors (Lipinski definition) is 5. The van der Waals surface area contributed by atoms with Crippen LogP contribution < -0.4 is 16.0 Å². The number of nitrogens with two attached hydrogens (primary N) is 1. The first-order valence-electron chi connectivity index (χ1n) is 9.41. The monoisotopic (exact) mass is 403 g/mol. The lowest BCUT2D eigenvalue weighted by Crippen LogP contribution is -2.21. The summed E-state index contributed by atoms with van der Waals surface area (Å²) in [6.07, 6.45) is 2.87. The van der Waals surface area contributed by atoms with Crippen LogP contribution in [-0.4, -0.2) is 15.6 Å². The summed E-state index contributed by atoms with van der Waals surface area (Å²) in [5, 5.41) is 0.711. The molecular formula is C23H21N3O4. The van der Waals surface area contributed by atoms with Crippen molar-refractivity contribution in [2.75, 3.05) is 5.73 Å². The Morgan fingerprint density at radius 1 is 1.07 bits per heavy atom. The standard InChI is InChI=1S/C23H21N3O4/c1-15(29-14-27)26-11-10-18-20(13-25(2)23(28)22(18)26)19-12-16(24)8-9-21(19)30-17-6-4-3-5-7-17/h3-15H,24H2,1-2H3. The number of rotatable bonds is 6. The predicted molar refractivity (Wildman–Crippen MR) is 115 cm³/mol. The molecule has 0 amide bonds. The van der Waals surface area contributed by atoms with Crippen LogP contribution in [0.5, 0.6) is 11.5 Å². The van der Waals surface area contributed by atoms with Gasteiger partial charge in [0.05, 0.1) is 0 Å². The van der Waals surface area contributed by atoms with Crippen LogP contribution in [0.25, 0.3) is 22.0 Å². The molecule has 2 N–H and O–H groups in total. The highest BCUT2D eigenvalue weighted by Crippen LogP contribution is 2.38. The predicted octanol–water partition coefficient (Wildman–Crippen LogP) is 4.07. The van der Waals surface area contributed by atoms with E-state index in [1.807, 2.05) is 48.5 Å². The van der Waals surface area contributed by atoms with Crippen LogP contribution in [0.2, 0.25) is 0 Å². The summed E-state index contributed by atoms with van der Waals surface area (Å²) >= 11 is 0. The van der Waals surface area contributed by atoms with Gasteiger partial charge in [0.2, 0.25) is 0 Å². The van der Waals surface area contributed by atoms with Gasteiger partial charge in [-0.15, -0.1) is 0 Å². The van der Waals surface area contributed by atoms with E-state index in [0.717, 1.165) is 11.1 Å². The first-order chi connectivity index (χ1) is 14.5. The zero-order valence-corrected chi connectivity index (χ0v) is 16.6. The van der Waals surface area contributed by atoms with Crippen LogP contribution in [0.4, 0.5) is 5.69 Å². The number of para-hydroxylation sites is 1. The maximum absolute atomic E-state index is 12.9. The number of aromatic nitrogens is 2. The van der Waals surface area contributed by atoms with Crippen LogP contribution in [0.3, 0.4) is 0 Å². The average molecular weight is 403 g/mol. The molecule has 1 unspecified atom stereocenters. The number of carbonyl (C=O) groups is 1. The SMILES string of the molecule is CC(OC=O)n1ccc2c(-c3cc(N)ccc3Oc3ccccc3)cn(C)c(=O)c21. The zero-order valence-electron chi connectivity index (χ0n) is 16.6. The molecule has 2 heterocycles. The van der Waals surface area contributed by atoms with E-state index in [4.69, 9.17) is 15.2 Å². The minimum atomic E-state index is -0.621. The zero-order chi connectivity index (χ0) is 21.3. The number of nitrogens with zero attached hydrogens (tertiary/aromatic N) is 2. The highest BCUT2D eigenvalue weighted by atomic mass is 16.5. The molecule has 0 aliphatic heterocycles. The van der Waals surface area contributed by atoms with E-state index in [-0.39, 0.29) is 5.56 Å². The summed E-state index contributed by atoms with van der Waals surface area (Å²) in [6, 6.07) is 16.7. The largest absolute Gasteiger partial charge is 0.457 e. The molecule has 0 aliphatic carbocycles. The molecule has 1 atom stereocenters. The number of pyridine rings is 1. The fourth-order valence-corrected chi connectivity index (χ4v) is 3.51. The van der Waals surface area contributed by atoms with Gasteiger partial charge in [0.15, 0.2) is 6.23 Å². The van der Waals surface area contributed by atoms with Gasteiger partial charge < -0.3 is 24.3 Å². The highest BCUT2D eigenvalue weighted by molar-refractivity contribution is 5.97. The molecule has 0 radical (unpaired) electrons. The molecule has 0 saturated carbocycles. The molecule has 4 rings (SSSR count). The van der Waals surface area contributed by atoms with Crippen molar-refractivity contribution in [3.8, 4) is 22.6 Å². The molecule has 0 fully saturated rings. The van der Waals surface area contributed by atoms with E-state index in [1.165, 1.54) is 4.57 Å². The molecule has 2 aromatic carbocycles. The summed E-state index contributed by atoms with van der Waals surface area (Å²) in [5.74, 6) is 1.30. The summed E-state index contributed by atoms with van der Waals surface area (Å²) in [7, 11) is 1.68. The third kappa shape index (κ3) is 3.41. The molecule has 152 valence electrons. The first-order valence-corrected chi connectivity index (χ1v) is 9.41. The third-order valence-corrected chi connectivity index (χ3v) is 4.96. The number of anilines is 1. The number of hydrogen-bond donors (Lipinski definition) is 1. The lowest BCUT2D eigenvalue weighted by atomic mass is 10.0. The van der Waals surface area contributed by atoms with Crippen LogP contribution in [-0.2, 0) is 16.6 Å². The van der Waals surface area contributed by atoms with E-state index >= 15 is 0 Å². The topological polar surface area (TPSA) is 88.5 Å². The van der Waals surface area contributed by atoms with Gasteiger partial charge in [0.1, 0.15) is 17.0 Å². The van der Waals surface area contributed by atoms with Gasteiger partial charge >= 0.3 is 0 Å². The molecule has 0 bridgehead atoms. The molecule has 30 heavy (non-hydrogen) atoms. The van der Waals surface area contributed by atoms with Crippen molar-refractivity contribution in [3.05, 3.63) is 77.3 Å². The van der Waals surface area contributed by atoms with Crippen LogP contribution >= 0.6 is 0 Å². The average Bonchev–Trinajstić information content (AvgIpc) is 3.19. The maximum Gasteiger partial charge on any atom is 0.295 e. The second-order valence-corrected chi connectivity index (χ2v) is 6.95. The van der Waals surface area contributed by atoms with Crippen molar-refractivity contribution in [2.24, 2.45) is 7.05 Å². The van der Waals surface area contributed by atoms with Gasteiger partial charge in [0.25, 0.3) is 12.0 Å². The van der Waals surface area contributed by atoms with Crippen LogP contribution in [0.15, 0.2) is 71.8 Å². The van der Waals surface area contributed by atoms with Crippen molar-refractivity contribution in [1.29, 1.82) is 0 Å². The Bertz CT molecular complexity index is 1280. The third-order valence-electron chi connectivity index (χ3n) is 4.96. The lowest BCUT2D eigenvalue weighted by molar-refractivity contribution is -0.136. The second kappa shape index (κ2) is 7.79. The van der Waals surface area contributed by atoms with Gasteiger partial charge in [-0.3, -0.25) is 9.59 Å². The first kappa shape index (κ1) is 19.3.